The van der Waals surface area contributed by atoms with Crippen LogP contribution in [0.3, 0.4) is 0 Å². The van der Waals surface area contributed by atoms with E-state index in [1.54, 1.807) is 7.11 Å². The van der Waals surface area contributed by atoms with Crippen LogP contribution >= 0.6 is 11.6 Å². The Morgan fingerprint density at radius 1 is 1.26 bits per heavy atom. The molecule has 5 nitrogen and oxygen atoms in total. The second-order valence-electron chi connectivity index (χ2n) is 3.82. The van der Waals surface area contributed by atoms with Crippen LogP contribution in [0.5, 0.6) is 17.4 Å². The van der Waals surface area contributed by atoms with Gasteiger partial charge in [-0.15, -0.1) is 0 Å². The van der Waals surface area contributed by atoms with Crippen LogP contribution < -0.4 is 15.2 Å². The quantitative estimate of drug-likeness (QED) is 0.931. The van der Waals surface area contributed by atoms with Crippen LogP contribution in [0.4, 0.5) is 5.82 Å². The maximum atomic E-state index is 5.98. The molecule has 0 aliphatic heterocycles. The molecule has 1 aromatic heterocycles. The Kier molecular flexibility index (Phi) is 4.06. The van der Waals surface area contributed by atoms with Gasteiger partial charge in [-0.05, 0) is 24.1 Å². The molecule has 19 heavy (non-hydrogen) atoms. The van der Waals surface area contributed by atoms with E-state index < -0.39 is 0 Å². The summed E-state index contributed by atoms with van der Waals surface area (Å²) in [5, 5.41) is 0.184. The van der Waals surface area contributed by atoms with Crippen molar-refractivity contribution in [3.63, 3.8) is 0 Å². The van der Waals surface area contributed by atoms with E-state index in [1.165, 1.54) is 6.33 Å². The molecule has 0 amide bonds. The van der Waals surface area contributed by atoms with Crippen molar-refractivity contribution in [2.24, 2.45) is 0 Å². The van der Waals surface area contributed by atoms with E-state index in [-0.39, 0.29) is 16.7 Å². The maximum absolute atomic E-state index is 5.98. The first kappa shape index (κ1) is 13.4. The van der Waals surface area contributed by atoms with Gasteiger partial charge >= 0.3 is 0 Å². The van der Waals surface area contributed by atoms with E-state index in [0.717, 1.165) is 12.0 Å². The standard InChI is InChI=1S/C13H14ClN3O2/c1-3-8-4-5-9(10(6-8)18-2)19-13-11(14)12(15)16-7-17-13/h4-7H,3H2,1-2H3,(H2,15,16,17). The zero-order valence-corrected chi connectivity index (χ0v) is 11.4. The van der Waals surface area contributed by atoms with Gasteiger partial charge in [-0.2, -0.15) is 4.98 Å². The van der Waals surface area contributed by atoms with Crippen LogP contribution in [0.25, 0.3) is 0 Å². The Hall–Kier alpha value is -2.01. The molecule has 0 saturated carbocycles. The van der Waals surface area contributed by atoms with Gasteiger partial charge in [0.1, 0.15) is 17.2 Å². The number of benzene rings is 1. The Morgan fingerprint density at radius 2 is 2.05 bits per heavy atom. The minimum atomic E-state index is 0.177. The number of hydrogen-bond acceptors (Lipinski definition) is 5. The van der Waals surface area contributed by atoms with Gasteiger partial charge in [0.05, 0.1) is 7.11 Å². The van der Waals surface area contributed by atoms with Gasteiger partial charge in [-0.1, -0.05) is 24.6 Å². The Balaban J connectivity index is 2.35. The zero-order chi connectivity index (χ0) is 13.8. The van der Waals surface area contributed by atoms with Gasteiger partial charge in [0.25, 0.3) is 0 Å². The summed E-state index contributed by atoms with van der Waals surface area (Å²) in [6.45, 7) is 2.07. The first-order chi connectivity index (χ1) is 9.15. The van der Waals surface area contributed by atoms with Crippen molar-refractivity contribution >= 4 is 17.4 Å². The van der Waals surface area contributed by atoms with Crippen molar-refractivity contribution in [3.05, 3.63) is 35.1 Å². The van der Waals surface area contributed by atoms with Gasteiger partial charge in [0.2, 0.25) is 5.88 Å². The number of aryl methyl sites for hydroxylation is 1. The largest absolute Gasteiger partial charge is 0.493 e. The SMILES string of the molecule is CCc1ccc(Oc2ncnc(N)c2Cl)c(OC)c1. The molecule has 2 rings (SSSR count). The average Bonchev–Trinajstić information content (AvgIpc) is 2.44. The first-order valence-corrected chi connectivity index (χ1v) is 6.14. The van der Waals surface area contributed by atoms with Gasteiger partial charge in [-0.25, -0.2) is 4.98 Å². The smallest absolute Gasteiger partial charge is 0.243 e. The highest BCUT2D eigenvalue weighted by Gasteiger charge is 2.12. The third-order valence-electron chi connectivity index (χ3n) is 2.63. The molecule has 2 aromatic rings. The zero-order valence-electron chi connectivity index (χ0n) is 10.7. The summed E-state index contributed by atoms with van der Waals surface area (Å²) in [6.07, 6.45) is 2.21. The summed E-state index contributed by atoms with van der Waals surface area (Å²) in [6, 6.07) is 5.68. The summed E-state index contributed by atoms with van der Waals surface area (Å²) in [5.41, 5.74) is 6.75. The fraction of sp³-hybridized carbons (Fsp3) is 0.231. The van der Waals surface area contributed by atoms with E-state index in [1.807, 2.05) is 18.2 Å². The van der Waals surface area contributed by atoms with Gasteiger partial charge < -0.3 is 15.2 Å². The van der Waals surface area contributed by atoms with Crippen LogP contribution in [0, 0.1) is 0 Å². The van der Waals surface area contributed by atoms with E-state index >= 15 is 0 Å². The van der Waals surface area contributed by atoms with Crippen molar-refractivity contribution in [2.75, 3.05) is 12.8 Å². The number of halogens is 1. The summed E-state index contributed by atoms with van der Waals surface area (Å²) < 4.78 is 10.9. The molecule has 1 heterocycles. The third kappa shape index (κ3) is 2.88. The van der Waals surface area contributed by atoms with E-state index in [0.29, 0.717) is 11.5 Å². The van der Waals surface area contributed by atoms with Gasteiger partial charge in [0.15, 0.2) is 11.5 Å². The molecule has 6 heteroatoms. The number of methoxy groups -OCH3 is 1. The predicted octanol–water partition coefficient (Wildman–Crippen LogP) is 3.08. The van der Waals surface area contributed by atoms with E-state index in [9.17, 15) is 0 Å². The molecule has 0 atom stereocenters. The van der Waals surface area contributed by atoms with Crippen LogP contribution in [-0.4, -0.2) is 17.1 Å². The maximum Gasteiger partial charge on any atom is 0.243 e. The van der Waals surface area contributed by atoms with Gasteiger partial charge in [-0.3, -0.25) is 0 Å². The number of nitrogens with zero attached hydrogens (tertiary/aromatic N) is 2. The summed E-state index contributed by atoms with van der Waals surface area (Å²) in [7, 11) is 1.58. The number of nitrogen functional groups attached to an aromatic ring is 1. The molecule has 0 saturated heterocycles. The van der Waals surface area contributed by atoms with Crippen molar-refractivity contribution in [1.82, 2.24) is 9.97 Å². The second-order valence-corrected chi connectivity index (χ2v) is 4.20. The molecule has 0 unspecified atom stereocenters. The lowest BCUT2D eigenvalue weighted by molar-refractivity contribution is 0.373. The lowest BCUT2D eigenvalue weighted by Crippen LogP contribution is -1.98. The van der Waals surface area contributed by atoms with E-state index in [4.69, 9.17) is 26.8 Å². The highest BCUT2D eigenvalue weighted by atomic mass is 35.5. The second kappa shape index (κ2) is 5.75. The topological polar surface area (TPSA) is 70.3 Å². The van der Waals surface area contributed by atoms with Crippen molar-refractivity contribution in [2.45, 2.75) is 13.3 Å². The summed E-state index contributed by atoms with van der Waals surface area (Å²) in [5.74, 6) is 1.53. The van der Waals surface area contributed by atoms with Crippen LogP contribution in [0.15, 0.2) is 24.5 Å². The van der Waals surface area contributed by atoms with Gasteiger partial charge in [0, 0.05) is 0 Å². The molecule has 0 aliphatic carbocycles. The fourth-order valence-electron chi connectivity index (χ4n) is 1.56. The number of anilines is 1. The molecule has 0 fully saturated rings. The highest BCUT2D eigenvalue weighted by Crippen LogP contribution is 2.35. The Labute approximate surface area is 116 Å². The molecular weight excluding hydrogens is 266 g/mol. The van der Waals surface area contributed by atoms with Crippen LogP contribution in [0.2, 0.25) is 5.02 Å². The van der Waals surface area contributed by atoms with Crippen LogP contribution in [0.1, 0.15) is 12.5 Å². The van der Waals surface area contributed by atoms with Crippen molar-refractivity contribution in [1.29, 1.82) is 0 Å². The highest BCUT2D eigenvalue weighted by molar-refractivity contribution is 6.34. The Morgan fingerprint density at radius 3 is 2.74 bits per heavy atom. The number of ether oxygens (including phenoxy) is 2. The lowest BCUT2D eigenvalue weighted by Gasteiger charge is -2.11. The lowest BCUT2D eigenvalue weighted by atomic mass is 10.1. The van der Waals surface area contributed by atoms with Crippen molar-refractivity contribution in [3.8, 4) is 17.4 Å². The first-order valence-electron chi connectivity index (χ1n) is 5.76. The number of aromatic nitrogens is 2. The minimum absolute atomic E-state index is 0.177. The molecular formula is C13H14ClN3O2. The summed E-state index contributed by atoms with van der Waals surface area (Å²) in [4.78, 5) is 7.73. The molecule has 1 aromatic carbocycles. The number of hydrogen-bond donors (Lipinski definition) is 1. The summed E-state index contributed by atoms with van der Waals surface area (Å²) >= 11 is 5.98. The monoisotopic (exact) mass is 279 g/mol. The molecule has 0 aliphatic rings. The molecule has 100 valence electrons. The molecule has 0 spiro atoms. The molecule has 0 bridgehead atoms. The minimum Gasteiger partial charge on any atom is -0.493 e. The molecule has 0 radical (unpaired) electrons. The average molecular weight is 280 g/mol. The van der Waals surface area contributed by atoms with Crippen LogP contribution in [-0.2, 0) is 6.42 Å². The number of nitrogens with two attached hydrogens (primary N) is 1. The number of rotatable bonds is 4. The Bertz CT molecular complexity index is 590. The predicted molar refractivity (Wildman–Crippen MR) is 73.9 cm³/mol. The normalized spacial score (nSPS) is 10.3. The third-order valence-corrected chi connectivity index (χ3v) is 2.98. The molecule has 2 N–H and O–H groups in total. The van der Waals surface area contributed by atoms with Crippen molar-refractivity contribution < 1.29 is 9.47 Å². The fourth-order valence-corrected chi connectivity index (χ4v) is 1.69. The van der Waals surface area contributed by atoms with E-state index in [2.05, 4.69) is 16.9 Å².